The third-order valence-electron chi connectivity index (χ3n) is 4.38. The highest BCUT2D eigenvalue weighted by Gasteiger charge is 2.08. The van der Waals surface area contributed by atoms with Crippen molar-refractivity contribution in [2.24, 2.45) is 0 Å². The zero-order valence-electron chi connectivity index (χ0n) is 15.4. The molecule has 0 aliphatic rings. The zero-order chi connectivity index (χ0) is 19.1. The largest absolute Gasteiger partial charge is 0.356 e. The van der Waals surface area contributed by atoms with Crippen LogP contribution in [0.5, 0.6) is 0 Å². The van der Waals surface area contributed by atoms with E-state index < -0.39 is 0 Å². The lowest BCUT2D eigenvalue weighted by atomic mass is 10.1. The van der Waals surface area contributed by atoms with Gasteiger partial charge in [0.1, 0.15) is 5.82 Å². The molecule has 0 saturated carbocycles. The van der Waals surface area contributed by atoms with Gasteiger partial charge < -0.3 is 15.6 Å². The molecule has 0 spiro atoms. The van der Waals surface area contributed by atoms with Gasteiger partial charge in [0.2, 0.25) is 5.91 Å². The highest BCUT2D eigenvalue weighted by atomic mass is 16.2. The average Bonchev–Trinajstić information content (AvgIpc) is 3.08. The summed E-state index contributed by atoms with van der Waals surface area (Å²) in [6.07, 6.45) is 1.85. The van der Waals surface area contributed by atoms with E-state index in [0.717, 1.165) is 35.3 Å². The zero-order valence-corrected chi connectivity index (χ0v) is 15.4. The molecule has 1 heterocycles. The number of hydrogen-bond acceptors (Lipinski definition) is 3. The number of nitrogens with one attached hydrogen (secondary N) is 3. The van der Waals surface area contributed by atoms with Gasteiger partial charge in [-0.15, -0.1) is 0 Å². The molecule has 6 heteroatoms. The fraction of sp³-hybridized carbons (Fsp3) is 0.286. The third-order valence-corrected chi connectivity index (χ3v) is 4.38. The summed E-state index contributed by atoms with van der Waals surface area (Å²) >= 11 is 0. The Morgan fingerprint density at radius 1 is 1.00 bits per heavy atom. The van der Waals surface area contributed by atoms with Crippen LogP contribution in [0.3, 0.4) is 0 Å². The topological polar surface area (TPSA) is 86.9 Å². The molecule has 0 aliphatic heterocycles. The monoisotopic (exact) mass is 364 g/mol. The molecule has 1 aromatic heterocycles. The van der Waals surface area contributed by atoms with Crippen LogP contribution in [0.25, 0.3) is 11.0 Å². The summed E-state index contributed by atoms with van der Waals surface area (Å²) in [5.74, 6) is 0.714. The van der Waals surface area contributed by atoms with Gasteiger partial charge in [-0.25, -0.2) is 4.98 Å². The summed E-state index contributed by atoms with van der Waals surface area (Å²) in [6, 6.07) is 15.3. The second-order valence-electron chi connectivity index (χ2n) is 6.47. The van der Waals surface area contributed by atoms with Gasteiger partial charge in [-0.05, 0) is 37.1 Å². The van der Waals surface area contributed by atoms with Crippen LogP contribution in [-0.2, 0) is 11.2 Å². The molecule has 27 heavy (non-hydrogen) atoms. The third kappa shape index (κ3) is 5.17. The van der Waals surface area contributed by atoms with E-state index >= 15 is 0 Å². The van der Waals surface area contributed by atoms with E-state index in [1.165, 1.54) is 0 Å². The van der Waals surface area contributed by atoms with Crippen LogP contribution >= 0.6 is 0 Å². The lowest BCUT2D eigenvalue weighted by molar-refractivity contribution is -0.120. The maximum Gasteiger partial charge on any atom is 0.251 e. The molecule has 0 aliphatic carbocycles. The Hall–Kier alpha value is -3.15. The smallest absolute Gasteiger partial charge is 0.251 e. The van der Waals surface area contributed by atoms with Gasteiger partial charge in [0.05, 0.1) is 11.0 Å². The number of fused-ring (bicyclic) bond motifs is 1. The van der Waals surface area contributed by atoms with Crippen LogP contribution in [0.4, 0.5) is 0 Å². The quantitative estimate of drug-likeness (QED) is 0.537. The molecule has 0 radical (unpaired) electrons. The molecular formula is C21H24N4O2. The second kappa shape index (κ2) is 8.98. The molecule has 0 fully saturated rings. The Bertz CT molecular complexity index is 900. The normalized spacial score (nSPS) is 10.7. The van der Waals surface area contributed by atoms with Gasteiger partial charge in [-0.3, -0.25) is 9.59 Å². The summed E-state index contributed by atoms with van der Waals surface area (Å²) in [5.41, 5.74) is 3.55. The Morgan fingerprint density at radius 2 is 1.78 bits per heavy atom. The highest BCUT2D eigenvalue weighted by molar-refractivity contribution is 5.95. The van der Waals surface area contributed by atoms with Crippen LogP contribution in [-0.4, -0.2) is 34.9 Å². The number of aryl methyl sites for hydroxylation is 2. The Morgan fingerprint density at radius 3 is 2.59 bits per heavy atom. The van der Waals surface area contributed by atoms with E-state index in [4.69, 9.17) is 0 Å². The number of hydrogen-bond donors (Lipinski definition) is 3. The standard InChI is InChI=1S/C21H24N4O2/c1-15-7-2-3-8-16(15)21(27)23-14-12-20(26)22-13-6-11-19-24-17-9-4-5-10-18(17)25-19/h2-5,7-10H,6,11-14H2,1H3,(H,22,26)(H,23,27)(H,24,25). The second-order valence-corrected chi connectivity index (χ2v) is 6.47. The van der Waals surface area contributed by atoms with Gasteiger partial charge in [0.25, 0.3) is 5.91 Å². The van der Waals surface area contributed by atoms with Crippen molar-refractivity contribution in [1.29, 1.82) is 0 Å². The number of para-hydroxylation sites is 2. The first-order valence-electron chi connectivity index (χ1n) is 9.17. The van der Waals surface area contributed by atoms with E-state index in [1.54, 1.807) is 6.07 Å². The van der Waals surface area contributed by atoms with Gasteiger partial charge in [-0.2, -0.15) is 0 Å². The molecule has 3 N–H and O–H groups in total. The van der Waals surface area contributed by atoms with Crippen molar-refractivity contribution in [2.75, 3.05) is 13.1 Å². The maximum absolute atomic E-state index is 12.1. The number of amides is 2. The van der Waals surface area contributed by atoms with Crippen molar-refractivity contribution >= 4 is 22.8 Å². The van der Waals surface area contributed by atoms with Crippen molar-refractivity contribution in [1.82, 2.24) is 20.6 Å². The Labute approximate surface area is 158 Å². The molecule has 6 nitrogen and oxygen atoms in total. The first-order valence-corrected chi connectivity index (χ1v) is 9.17. The first kappa shape index (κ1) is 18.6. The fourth-order valence-electron chi connectivity index (χ4n) is 2.91. The predicted molar refractivity (Wildman–Crippen MR) is 106 cm³/mol. The summed E-state index contributed by atoms with van der Waals surface area (Å²) in [4.78, 5) is 31.8. The number of nitrogens with zero attached hydrogens (tertiary/aromatic N) is 1. The minimum absolute atomic E-state index is 0.0651. The summed E-state index contributed by atoms with van der Waals surface area (Å²) in [6.45, 7) is 2.80. The van der Waals surface area contributed by atoms with Crippen molar-refractivity contribution in [2.45, 2.75) is 26.2 Å². The molecule has 2 amide bonds. The van der Waals surface area contributed by atoms with Crippen LogP contribution in [0, 0.1) is 6.92 Å². The molecule has 0 saturated heterocycles. The number of H-pyrrole nitrogens is 1. The van der Waals surface area contributed by atoms with Gasteiger partial charge >= 0.3 is 0 Å². The number of carbonyl (C=O) groups is 2. The minimum Gasteiger partial charge on any atom is -0.356 e. The SMILES string of the molecule is Cc1ccccc1C(=O)NCCC(=O)NCCCc1nc2ccccc2[nH]1. The van der Waals surface area contributed by atoms with Crippen LogP contribution in [0.1, 0.15) is 34.6 Å². The number of imidazole rings is 1. The lowest BCUT2D eigenvalue weighted by Crippen LogP contribution is -2.31. The van der Waals surface area contributed by atoms with Gasteiger partial charge in [0, 0.05) is 31.5 Å². The number of rotatable bonds is 8. The van der Waals surface area contributed by atoms with E-state index in [-0.39, 0.29) is 18.2 Å². The van der Waals surface area contributed by atoms with Crippen molar-refractivity contribution in [3.05, 3.63) is 65.5 Å². The van der Waals surface area contributed by atoms with Crippen molar-refractivity contribution < 1.29 is 9.59 Å². The molecule has 2 aromatic carbocycles. The molecular weight excluding hydrogens is 340 g/mol. The van der Waals surface area contributed by atoms with Crippen molar-refractivity contribution in [3.8, 4) is 0 Å². The van der Waals surface area contributed by atoms with E-state index in [2.05, 4.69) is 20.6 Å². The van der Waals surface area contributed by atoms with E-state index in [0.29, 0.717) is 18.7 Å². The van der Waals surface area contributed by atoms with Crippen molar-refractivity contribution in [3.63, 3.8) is 0 Å². The molecule has 140 valence electrons. The van der Waals surface area contributed by atoms with E-state index in [9.17, 15) is 9.59 Å². The lowest BCUT2D eigenvalue weighted by Gasteiger charge is -2.08. The summed E-state index contributed by atoms with van der Waals surface area (Å²) in [5, 5.41) is 5.67. The Kier molecular flexibility index (Phi) is 6.20. The van der Waals surface area contributed by atoms with Crippen LogP contribution in [0.15, 0.2) is 48.5 Å². The maximum atomic E-state index is 12.1. The average molecular weight is 364 g/mol. The number of carbonyl (C=O) groups excluding carboxylic acids is 2. The molecule has 0 atom stereocenters. The fourth-order valence-corrected chi connectivity index (χ4v) is 2.91. The number of aromatic nitrogens is 2. The first-order chi connectivity index (χ1) is 13.1. The summed E-state index contributed by atoms with van der Waals surface area (Å²) < 4.78 is 0. The Balaban J connectivity index is 1.33. The summed E-state index contributed by atoms with van der Waals surface area (Å²) in [7, 11) is 0. The number of aromatic amines is 1. The molecule has 3 aromatic rings. The minimum atomic E-state index is -0.147. The molecule has 0 unspecified atom stereocenters. The number of benzene rings is 2. The molecule has 3 rings (SSSR count). The van der Waals surface area contributed by atoms with Gasteiger partial charge in [-0.1, -0.05) is 30.3 Å². The predicted octanol–water partition coefficient (Wildman–Crippen LogP) is 2.74. The highest BCUT2D eigenvalue weighted by Crippen LogP contribution is 2.11. The van der Waals surface area contributed by atoms with E-state index in [1.807, 2.05) is 49.4 Å². The molecule has 0 bridgehead atoms. The van der Waals surface area contributed by atoms with Crippen LogP contribution < -0.4 is 10.6 Å². The van der Waals surface area contributed by atoms with Gasteiger partial charge in [0.15, 0.2) is 0 Å². The van der Waals surface area contributed by atoms with Crippen LogP contribution in [0.2, 0.25) is 0 Å².